The van der Waals surface area contributed by atoms with Crippen LogP contribution in [0.3, 0.4) is 0 Å². The van der Waals surface area contributed by atoms with Crippen LogP contribution >= 0.6 is 27.5 Å². The zero-order valence-corrected chi connectivity index (χ0v) is 40.6. The highest BCUT2D eigenvalue weighted by Gasteiger charge is 2.20. The Hall–Kier alpha value is -6.50. The number of furan rings is 2. The lowest BCUT2D eigenvalue weighted by atomic mass is 9.77. The largest absolute Gasteiger partial charge is 0.488 e. The van der Waals surface area contributed by atoms with Gasteiger partial charge in [-0.3, -0.25) is 9.80 Å². The topological polar surface area (TPSA) is 270 Å². The van der Waals surface area contributed by atoms with E-state index in [1.165, 1.54) is 14.6 Å². The smallest absolute Gasteiger partial charge is 0.461 e. The van der Waals surface area contributed by atoms with Crippen LogP contribution in [0.15, 0.2) is 131 Å². The maximum Gasteiger partial charge on any atom is 0.488 e. The Kier molecular flexibility index (Phi) is 17.6. The lowest BCUT2D eigenvalue weighted by molar-refractivity contribution is 0.0342. The second-order valence-electron chi connectivity index (χ2n) is 16.0. The molecule has 0 radical (unpaired) electrons. The van der Waals surface area contributed by atoms with Crippen molar-refractivity contribution in [2.75, 3.05) is 64.1 Å². The first-order valence-corrected chi connectivity index (χ1v) is 24.0. The minimum atomic E-state index is -1.39. The Balaban J connectivity index is 0.000000136. The molecule has 6 aromatic heterocycles. The van der Waals surface area contributed by atoms with Crippen molar-refractivity contribution in [3.63, 3.8) is 0 Å². The van der Waals surface area contributed by atoms with Crippen LogP contribution in [-0.4, -0.2) is 136 Å². The second kappa shape index (κ2) is 24.6. The van der Waals surface area contributed by atoms with Crippen LogP contribution in [0.4, 0.5) is 11.9 Å². The average molecular weight is 1050 g/mol. The zero-order valence-electron chi connectivity index (χ0n) is 38.3. The Morgan fingerprint density at radius 3 is 1.54 bits per heavy atom. The van der Waals surface area contributed by atoms with Crippen molar-refractivity contribution in [2.24, 2.45) is 0 Å². The SMILES string of the molecule is Nc1nc(-c2ccccc2CN2CCOCC2)cc2nc(-c3ccco3)nn12.Nc1nc(Cl)cc2nc(-c3ccco3)nn12.OB(O)c1ccccc1CBr.OB(O)c1ccccc1CN1CCOCC1. The van der Waals surface area contributed by atoms with Crippen molar-refractivity contribution < 1.29 is 38.4 Å². The monoisotopic (exact) mass is 1050 g/mol. The number of nitrogens with two attached hydrogens (primary N) is 2. The lowest BCUT2D eigenvalue weighted by Crippen LogP contribution is -2.39. The molecule has 3 aromatic carbocycles. The molecule has 24 heteroatoms. The molecule has 0 aliphatic carbocycles. The maximum atomic E-state index is 9.25. The molecule has 8 heterocycles. The van der Waals surface area contributed by atoms with Gasteiger partial charge in [0.15, 0.2) is 22.8 Å². The first-order valence-electron chi connectivity index (χ1n) is 22.5. The summed E-state index contributed by atoms with van der Waals surface area (Å²) >= 11 is 9.02. The van der Waals surface area contributed by atoms with Crippen LogP contribution in [0.5, 0.6) is 0 Å². The summed E-state index contributed by atoms with van der Waals surface area (Å²) in [6.45, 7) is 8.30. The van der Waals surface area contributed by atoms with E-state index in [-0.39, 0.29) is 11.1 Å². The van der Waals surface area contributed by atoms with E-state index in [4.69, 9.17) is 51.4 Å². The number of alkyl halides is 1. The van der Waals surface area contributed by atoms with Crippen LogP contribution in [-0.2, 0) is 27.9 Å². The van der Waals surface area contributed by atoms with E-state index in [9.17, 15) is 10.0 Å². The number of rotatable bonds is 10. The van der Waals surface area contributed by atoms with Gasteiger partial charge in [0.1, 0.15) is 5.15 Å². The van der Waals surface area contributed by atoms with Gasteiger partial charge in [-0.25, -0.2) is 19.9 Å². The standard InChI is InChI=1S/C20H20N6O2.C11H16BNO3.C9H6ClN5O.C7H8BBrO2/c21-20-22-16(12-18-23-19(24-26(18)20)17-6-3-9-28-17)15-5-2-1-4-14(15)13-25-7-10-27-11-8-25;14-12(15)11-4-2-1-3-10(11)9-13-5-7-16-8-6-13;10-6-4-7-13-8(5-2-1-3-16-5)14-15(7)9(11)12-6;9-5-6-3-1-2-4-7(6)8(10)11/h1-6,9,12H,7-8,10-11,13H2,(H2,21,22);1-4,14-15H,5-9H2;1-4H,(H2,11,12);1-4,10-11H,5H2. The van der Waals surface area contributed by atoms with Gasteiger partial charge in [0.05, 0.1) is 44.6 Å². The summed E-state index contributed by atoms with van der Waals surface area (Å²) < 4.78 is 24.2. The third kappa shape index (κ3) is 13.3. The number of anilines is 2. The number of morpholine rings is 2. The highest BCUT2D eigenvalue weighted by Crippen LogP contribution is 2.27. The summed E-state index contributed by atoms with van der Waals surface area (Å²) in [6.07, 6.45) is 3.14. The molecule has 0 unspecified atom stereocenters. The summed E-state index contributed by atoms with van der Waals surface area (Å²) in [5.41, 5.74) is 19.1. The molecule has 8 N–H and O–H groups in total. The first kappa shape index (κ1) is 50.9. The average Bonchev–Trinajstić information content (AvgIpc) is 4.24. The summed E-state index contributed by atoms with van der Waals surface area (Å²) in [5.74, 6) is 2.57. The van der Waals surface area contributed by atoms with Crippen molar-refractivity contribution in [2.45, 2.75) is 18.4 Å². The number of hydrogen-bond donors (Lipinski definition) is 6. The van der Waals surface area contributed by atoms with Crippen LogP contribution in [0.2, 0.25) is 5.15 Å². The molecule has 2 aliphatic heterocycles. The molecule has 20 nitrogen and oxygen atoms in total. The summed E-state index contributed by atoms with van der Waals surface area (Å²) in [5, 5.41) is 45.7. The molecule has 2 saturated heterocycles. The highest BCUT2D eigenvalue weighted by molar-refractivity contribution is 9.08. The number of halogens is 2. The fraction of sp³-hybridized carbons (Fsp3) is 0.234. The quantitative estimate of drug-likeness (QED) is 0.0650. The molecule has 9 aromatic rings. The molecule has 0 atom stereocenters. The van der Waals surface area contributed by atoms with Crippen LogP contribution < -0.4 is 22.4 Å². The third-order valence-corrected chi connectivity index (χ3v) is 12.0. The van der Waals surface area contributed by atoms with Gasteiger partial charge >= 0.3 is 14.2 Å². The van der Waals surface area contributed by atoms with E-state index in [0.717, 1.165) is 88.1 Å². The number of fused-ring (bicyclic) bond motifs is 2. The molecule has 11 rings (SSSR count). The Morgan fingerprint density at radius 1 is 0.563 bits per heavy atom. The fourth-order valence-corrected chi connectivity index (χ4v) is 8.39. The minimum absolute atomic E-state index is 0.188. The summed E-state index contributed by atoms with van der Waals surface area (Å²) in [6, 6.07) is 33.5. The minimum Gasteiger partial charge on any atom is -0.461 e. The van der Waals surface area contributed by atoms with E-state index in [1.54, 1.807) is 55.0 Å². The third-order valence-electron chi connectivity index (χ3n) is 11.3. The van der Waals surface area contributed by atoms with Gasteiger partial charge in [-0.1, -0.05) is 100 Å². The van der Waals surface area contributed by atoms with Crippen molar-refractivity contribution in [1.82, 2.24) is 49.0 Å². The fourth-order valence-electron chi connectivity index (χ4n) is 7.70. The van der Waals surface area contributed by atoms with Gasteiger partial charge < -0.3 is 49.9 Å². The molecule has 0 saturated carbocycles. The number of benzene rings is 3. The van der Waals surface area contributed by atoms with Gasteiger partial charge in [0.25, 0.3) is 0 Å². The van der Waals surface area contributed by atoms with Crippen molar-refractivity contribution in [1.29, 1.82) is 0 Å². The van der Waals surface area contributed by atoms with Crippen LogP contribution in [0.25, 0.3) is 45.7 Å². The summed E-state index contributed by atoms with van der Waals surface area (Å²) in [4.78, 5) is 21.9. The van der Waals surface area contributed by atoms with Crippen molar-refractivity contribution >= 4 is 75.9 Å². The zero-order chi connectivity index (χ0) is 49.7. The number of hydrogen-bond acceptors (Lipinski definition) is 18. The van der Waals surface area contributed by atoms with Crippen molar-refractivity contribution in [3.05, 3.63) is 144 Å². The van der Waals surface area contributed by atoms with Gasteiger partial charge in [-0.05, 0) is 51.9 Å². The van der Waals surface area contributed by atoms with E-state index in [2.05, 4.69) is 68.0 Å². The lowest BCUT2D eigenvalue weighted by Gasteiger charge is -2.27. The van der Waals surface area contributed by atoms with Gasteiger partial charge in [-0.15, -0.1) is 10.2 Å². The van der Waals surface area contributed by atoms with Crippen molar-refractivity contribution in [3.8, 4) is 34.4 Å². The molecule has 0 spiro atoms. The number of ether oxygens (including phenoxy) is 2. The maximum absolute atomic E-state index is 9.25. The highest BCUT2D eigenvalue weighted by atomic mass is 79.9. The predicted octanol–water partition coefficient (Wildman–Crippen LogP) is 3.55. The number of nitrogens with zero attached hydrogens (tertiary/aromatic N) is 10. The van der Waals surface area contributed by atoms with Gasteiger partial charge in [-0.2, -0.15) is 9.03 Å². The van der Waals surface area contributed by atoms with Gasteiger partial charge in [0, 0.05) is 62.3 Å². The Morgan fingerprint density at radius 2 is 1.03 bits per heavy atom. The van der Waals surface area contributed by atoms with Crippen LogP contribution in [0.1, 0.15) is 16.7 Å². The molecule has 366 valence electrons. The number of aromatic nitrogens is 8. The molecule has 0 amide bonds. The molecule has 0 bridgehead atoms. The Labute approximate surface area is 421 Å². The van der Waals surface area contributed by atoms with E-state index in [1.807, 2.05) is 54.6 Å². The second-order valence-corrected chi connectivity index (χ2v) is 17.0. The molecular weight excluding hydrogens is 998 g/mol. The number of nitrogen functional groups attached to an aromatic ring is 2. The van der Waals surface area contributed by atoms with Crippen LogP contribution in [0, 0.1) is 0 Å². The molecule has 71 heavy (non-hydrogen) atoms. The first-order chi connectivity index (χ1) is 34.5. The molecular formula is C47H50B2BrClN12O8. The van der Waals surface area contributed by atoms with E-state index in [0.29, 0.717) is 56.7 Å². The summed E-state index contributed by atoms with van der Waals surface area (Å²) in [7, 11) is -2.76. The normalized spacial score (nSPS) is 13.9. The Bertz CT molecular complexity index is 3100. The molecule has 2 fully saturated rings. The predicted molar refractivity (Wildman–Crippen MR) is 274 cm³/mol. The van der Waals surface area contributed by atoms with E-state index < -0.39 is 14.2 Å². The molecule has 2 aliphatic rings. The van der Waals surface area contributed by atoms with E-state index >= 15 is 0 Å². The van der Waals surface area contributed by atoms with Gasteiger partial charge in [0.2, 0.25) is 23.5 Å².